The summed E-state index contributed by atoms with van der Waals surface area (Å²) in [6.45, 7) is 5.36. The third-order valence-corrected chi connectivity index (χ3v) is 4.79. The maximum atomic E-state index is 13.3. The first kappa shape index (κ1) is 18.6. The van der Waals surface area contributed by atoms with Crippen LogP contribution in [0.3, 0.4) is 0 Å². The Bertz CT molecular complexity index is 702. The number of alkyl halides is 1. The van der Waals surface area contributed by atoms with Gasteiger partial charge in [-0.1, -0.05) is 37.6 Å². The molecule has 5 heteroatoms. The molecule has 1 fully saturated rings. The summed E-state index contributed by atoms with van der Waals surface area (Å²) in [4.78, 5) is 6.63. The van der Waals surface area contributed by atoms with Gasteiger partial charge in [-0.05, 0) is 30.0 Å². The van der Waals surface area contributed by atoms with Crippen LogP contribution in [-0.2, 0) is 13.0 Å². The van der Waals surface area contributed by atoms with Crippen molar-refractivity contribution in [2.24, 2.45) is 0 Å². The maximum Gasteiger partial charge on any atom is 0.125 e. The normalized spacial score (nSPS) is 17.5. The largest absolute Gasteiger partial charge is 0.385 e. The zero-order valence-electron chi connectivity index (χ0n) is 15.5. The summed E-state index contributed by atoms with van der Waals surface area (Å²) in [5.41, 5.74) is 10.4. The van der Waals surface area contributed by atoms with Crippen molar-refractivity contribution >= 4 is 11.5 Å². The highest BCUT2D eigenvalue weighted by Gasteiger charge is 2.21. The number of unbranched alkanes of at least 4 members (excludes halogenated alkanes) is 1. The fourth-order valence-corrected chi connectivity index (χ4v) is 3.37. The van der Waals surface area contributed by atoms with Gasteiger partial charge in [0.25, 0.3) is 0 Å². The number of anilines is 2. The first-order valence-corrected chi connectivity index (χ1v) is 9.57. The monoisotopic (exact) mass is 356 g/mol. The lowest BCUT2D eigenvalue weighted by Crippen LogP contribution is -2.20. The predicted octanol–water partition coefficient (Wildman–Crippen LogP) is 4.01. The Kier molecular flexibility index (Phi) is 6.45. The van der Waals surface area contributed by atoms with E-state index in [4.69, 9.17) is 5.73 Å². The zero-order chi connectivity index (χ0) is 18.4. The van der Waals surface area contributed by atoms with E-state index in [1.165, 1.54) is 11.1 Å². The van der Waals surface area contributed by atoms with Crippen LogP contribution in [-0.4, -0.2) is 35.7 Å². The number of hydrogen-bond acceptors (Lipinski definition) is 4. The lowest BCUT2D eigenvalue weighted by Gasteiger charge is -2.15. The van der Waals surface area contributed by atoms with E-state index in [0.29, 0.717) is 18.8 Å². The van der Waals surface area contributed by atoms with Crippen LogP contribution < -0.4 is 11.1 Å². The maximum absolute atomic E-state index is 13.3. The van der Waals surface area contributed by atoms with Gasteiger partial charge >= 0.3 is 0 Å². The van der Waals surface area contributed by atoms with E-state index in [9.17, 15) is 4.39 Å². The van der Waals surface area contributed by atoms with E-state index >= 15 is 0 Å². The van der Waals surface area contributed by atoms with Crippen LogP contribution in [0.25, 0.3) is 0 Å². The van der Waals surface area contributed by atoms with E-state index in [-0.39, 0.29) is 0 Å². The van der Waals surface area contributed by atoms with Gasteiger partial charge in [-0.3, -0.25) is 4.90 Å². The first-order valence-electron chi connectivity index (χ1n) is 9.57. The third kappa shape index (κ3) is 5.43. The number of aromatic nitrogens is 1. The molecule has 1 aromatic carbocycles. The molecular weight excluding hydrogens is 327 g/mol. The summed E-state index contributed by atoms with van der Waals surface area (Å²) in [6.07, 6.45) is 3.05. The summed E-state index contributed by atoms with van der Waals surface area (Å²) < 4.78 is 13.3. The van der Waals surface area contributed by atoms with E-state index in [0.717, 1.165) is 50.3 Å². The molecule has 1 aliphatic heterocycles. The fourth-order valence-electron chi connectivity index (χ4n) is 3.37. The fraction of sp³-hybridized carbons (Fsp3) is 0.476. The minimum absolute atomic E-state index is 0.549. The standard InChI is InChI=1S/C21H29FN4/c1-2-3-9-24-19-12-20(25-21(23)13-19)11-16-4-6-17(7-5-16)14-26-10-8-18(22)15-26/h4-7,12-13,18H,2-3,8-11,14-15H2,1H3,(H3,23,24,25). The van der Waals surface area contributed by atoms with Crippen molar-refractivity contribution in [2.75, 3.05) is 30.7 Å². The van der Waals surface area contributed by atoms with Crippen molar-refractivity contribution < 1.29 is 4.39 Å². The second kappa shape index (κ2) is 8.99. The second-order valence-corrected chi connectivity index (χ2v) is 7.17. The van der Waals surface area contributed by atoms with Crippen LogP contribution in [0.4, 0.5) is 15.9 Å². The Balaban J connectivity index is 1.59. The van der Waals surface area contributed by atoms with Crippen molar-refractivity contribution in [1.82, 2.24) is 9.88 Å². The summed E-state index contributed by atoms with van der Waals surface area (Å²) in [5.74, 6) is 0.549. The molecule has 26 heavy (non-hydrogen) atoms. The number of rotatable bonds is 8. The summed E-state index contributed by atoms with van der Waals surface area (Å²) in [7, 11) is 0. The molecule has 4 nitrogen and oxygen atoms in total. The number of benzene rings is 1. The van der Waals surface area contributed by atoms with Crippen molar-refractivity contribution in [3.63, 3.8) is 0 Å². The van der Waals surface area contributed by atoms with E-state index in [1.54, 1.807) is 0 Å². The van der Waals surface area contributed by atoms with Gasteiger partial charge in [-0.15, -0.1) is 0 Å². The van der Waals surface area contributed by atoms with Gasteiger partial charge in [-0.2, -0.15) is 0 Å². The Labute approximate surface area is 155 Å². The molecular formula is C21H29FN4. The van der Waals surface area contributed by atoms with Crippen molar-refractivity contribution in [1.29, 1.82) is 0 Å². The average molecular weight is 356 g/mol. The smallest absolute Gasteiger partial charge is 0.125 e. The van der Waals surface area contributed by atoms with Gasteiger partial charge in [0, 0.05) is 50.0 Å². The van der Waals surface area contributed by atoms with Gasteiger partial charge in [0.05, 0.1) is 0 Å². The zero-order valence-corrected chi connectivity index (χ0v) is 15.5. The lowest BCUT2D eigenvalue weighted by atomic mass is 10.1. The Hall–Kier alpha value is -2.14. The Morgan fingerprint density at radius 1 is 1.23 bits per heavy atom. The molecule has 2 heterocycles. The highest BCUT2D eigenvalue weighted by Crippen LogP contribution is 2.19. The Morgan fingerprint density at radius 2 is 2.00 bits per heavy atom. The number of hydrogen-bond donors (Lipinski definition) is 2. The summed E-state index contributed by atoms with van der Waals surface area (Å²) >= 11 is 0. The van der Waals surface area contributed by atoms with Gasteiger partial charge in [-0.25, -0.2) is 9.37 Å². The van der Waals surface area contributed by atoms with Crippen LogP contribution in [0.2, 0.25) is 0 Å². The minimum atomic E-state index is -0.663. The number of halogens is 1. The molecule has 1 aliphatic rings. The van der Waals surface area contributed by atoms with E-state index in [2.05, 4.69) is 52.5 Å². The number of nitrogens with two attached hydrogens (primary N) is 1. The topological polar surface area (TPSA) is 54.2 Å². The second-order valence-electron chi connectivity index (χ2n) is 7.17. The number of nitrogen functional groups attached to an aromatic ring is 1. The molecule has 0 amide bonds. The molecule has 0 radical (unpaired) electrons. The number of pyridine rings is 1. The lowest BCUT2D eigenvalue weighted by molar-refractivity contribution is 0.282. The highest BCUT2D eigenvalue weighted by atomic mass is 19.1. The molecule has 1 saturated heterocycles. The molecule has 1 unspecified atom stereocenters. The van der Waals surface area contributed by atoms with Crippen LogP contribution in [0.1, 0.15) is 43.0 Å². The molecule has 1 aromatic heterocycles. The molecule has 0 spiro atoms. The van der Waals surface area contributed by atoms with E-state index < -0.39 is 6.17 Å². The van der Waals surface area contributed by atoms with Crippen molar-refractivity contribution in [2.45, 2.75) is 45.3 Å². The third-order valence-electron chi connectivity index (χ3n) is 4.79. The van der Waals surface area contributed by atoms with E-state index in [1.807, 2.05) is 6.07 Å². The molecule has 0 bridgehead atoms. The van der Waals surface area contributed by atoms with Crippen molar-refractivity contribution in [3.05, 3.63) is 53.2 Å². The molecule has 2 aromatic rings. The van der Waals surface area contributed by atoms with Gasteiger partial charge in [0.2, 0.25) is 0 Å². The molecule has 3 N–H and O–H groups in total. The van der Waals surface area contributed by atoms with Crippen LogP contribution in [0, 0.1) is 0 Å². The Morgan fingerprint density at radius 3 is 2.69 bits per heavy atom. The van der Waals surface area contributed by atoms with Crippen molar-refractivity contribution in [3.8, 4) is 0 Å². The quantitative estimate of drug-likeness (QED) is 0.702. The first-order chi connectivity index (χ1) is 12.6. The average Bonchev–Trinajstić information content (AvgIpc) is 3.01. The summed E-state index contributed by atoms with van der Waals surface area (Å²) in [5, 5.41) is 3.41. The number of nitrogens with zero attached hydrogens (tertiary/aromatic N) is 2. The molecule has 1 atom stereocenters. The highest BCUT2D eigenvalue weighted by molar-refractivity contribution is 5.52. The van der Waals surface area contributed by atoms with Crippen LogP contribution >= 0.6 is 0 Å². The minimum Gasteiger partial charge on any atom is -0.385 e. The molecule has 0 saturated carbocycles. The summed E-state index contributed by atoms with van der Waals surface area (Å²) in [6, 6.07) is 12.5. The molecule has 3 rings (SSSR count). The number of likely N-dealkylation sites (tertiary alicyclic amines) is 1. The molecule has 140 valence electrons. The SMILES string of the molecule is CCCCNc1cc(N)nc(Cc2ccc(CN3CCC(F)C3)cc2)c1. The van der Waals surface area contributed by atoms with Gasteiger partial charge in [0.1, 0.15) is 12.0 Å². The van der Waals surface area contributed by atoms with Gasteiger partial charge < -0.3 is 11.1 Å². The predicted molar refractivity (Wildman–Crippen MR) is 106 cm³/mol. The number of nitrogens with one attached hydrogen (secondary N) is 1. The van der Waals surface area contributed by atoms with Gasteiger partial charge in [0.15, 0.2) is 0 Å². The van der Waals surface area contributed by atoms with Crippen LogP contribution in [0.15, 0.2) is 36.4 Å². The molecule has 0 aliphatic carbocycles. The van der Waals surface area contributed by atoms with Crippen LogP contribution in [0.5, 0.6) is 0 Å².